The molecule has 32 heavy (non-hydrogen) atoms. The Kier molecular flexibility index (Phi) is 6.96. The maximum atomic E-state index is 12.4. The molecule has 2 amide bonds. The van der Waals surface area contributed by atoms with Gasteiger partial charge in [-0.25, -0.2) is 8.42 Å². The van der Waals surface area contributed by atoms with Gasteiger partial charge in [-0.05, 0) is 54.6 Å². The lowest BCUT2D eigenvalue weighted by Crippen LogP contribution is -2.41. The Morgan fingerprint density at radius 1 is 0.719 bits per heavy atom. The second kappa shape index (κ2) is 9.84. The summed E-state index contributed by atoms with van der Waals surface area (Å²) in [7, 11) is -0.805. The Hall–Kier alpha value is -4.05. The first-order chi connectivity index (χ1) is 15.3. The third kappa shape index (κ3) is 5.35. The summed E-state index contributed by atoms with van der Waals surface area (Å²) < 4.78 is 37.4. The largest absolute Gasteiger partial charge is 0.493 e. The second-order valence-electron chi connectivity index (χ2n) is 6.47. The van der Waals surface area contributed by atoms with Gasteiger partial charge in [0.1, 0.15) is 0 Å². The van der Waals surface area contributed by atoms with E-state index in [1.807, 2.05) is 0 Å². The molecule has 3 rings (SSSR count). The molecule has 0 radical (unpaired) electrons. The van der Waals surface area contributed by atoms with Gasteiger partial charge >= 0.3 is 0 Å². The van der Waals surface area contributed by atoms with Gasteiger partial charge in [-0.1, -0.05) is 18.2 Å². The Labute approximate surface area is 185 Å². The number of methoxy groups -OCH3 is 2. The van der Waals surface area contributed by atoms with E-state index in [2.05, 4.69) is 15.6 Å². The molecule has 0 fully saturated rings. The van der Waals surface area contributed by atoms with Crippen molar-refractivity contribution >= 4 is 27.5 Å². The maximum Gasteiger partial charge on any atom is 0.269 e. The normalized spacial score (nSPS) is 10.7. The molecule has 3 aromatic carbocycles. The van der Waals surface area contributed by atoms with Crippen LogP contribution in [0.4, 0.5) is 5.69 Å². The number of carbonyl (C=O) groups is 2. The lowest BCUT2D eigenvalue weighted by atomic mass is 10.2. The molecule has 9 nitrogen and oxygen atoms in total. The van der Waals surface area contributed by atoms with Crippen molar-refractivity contribution in [2.75, 3.05) is 18.9 Å². The van der Waals surface area contributed by atoms with Crippen LogP contribution in [0.25, 0.3) is 0 Å². The van der Waals surface area contributed by atoms with Crippen molar-refractivity contribution in [3.63, 3.8) is 0 Å². The van der Waals surface area contributed by atoms with Gasteiger partial charge in [0.05, 0.1) is 19.1 Å². The first kappa shape index (κ1) is 22.6. The molecule has 0 heterocycles. The van der Waals surface area contributed by atoms with E-state index < -0.39 is 21.8 Å². The standard InChI is InChI=1S/C22H21N3O6S/c1-30-19-13-10-16(14-20(19)31-2)22(27)24-23-21(26)15-8-11-17(12-9-15)25-32(28,29)18-6-4-3-5-7-18/h3-14,25H,1-2H3,(H,23,26)(H,24,27). The van der Waals surface area contributed by atoms with E-state index in [0.717, 1.165) is 0 Å². The zero-order chi connectivity index (χ0) is 23.1. The summed E-state index contributed by atoms with van der Waals surface area (Å²) in [5.41, 5.74) is 5.39. The van der Waals surface area contributed by atoms with Crippen LogP contribution in [0.1, 0.15) is 20.7 Å². The van der Waals surface area contributed by atoms with Crippen molar-refractivity contribution in [1.29, 1.82) is 0 Å². The fraction of sp³-hybridized carbons (Fsp3) is 0.0909. The van der Waals surface area contributed by atoms with Crippen molar-refractivity contribution < 1.29 is 27.5 Å². The van der Waals surface area contributed by atoms with Crippen molar-refractivity contribution in [1.82, 2.24) is 10.9 Å². The summed E-state index contributed by atoms with van der Waals surface area (Å²) in [6.07, 6.45) is 0. The number of sulfonamides is 1. The van der Waals surface area contributed by atoms with Crippen molar-refractivity contribution in [3.05, 3.63) is 83.9 Å². The van der Waals surface area contributed by atoms with Crippen LogP contribution in [-0.4, -0.2) is 34.5 Å². The molecule has 0 saturated heterocycles. The molecular weight excluding hydrogens is 434 g/mol. The number of ether oxygens (including phenoxy) is 2. The van der Waals surface area contributed by atoms with Crippen molar-refractivity contribution in [2.45, 2.75) is 4.90 Å². The summed E-state index contributed by atoms with van der Waals surface area (Å²) in [5.74, 6) is -0.279. The fourth-order valence-electron chi connectivity index (χ4n) is 2.74. The van der Waals surface area contributed by atoms with Gasteiger partial charge in [-0.3, -0.25) is 25.2 Å². The quantitative estimate of drug-likeness (QED) is 0.471. The molecule has 0 bridgehead atoms. The van der Waals surface area contributed by atoms with Gasteiger partial charge in [0.15, 0.2) is 11.5 Å². The lowest BCUT2D eigenvalue weighted by Gasteiger charge is -2.11. The number of nitrogens with one attached hydrogen (secondary N) is 3. The summed E-state index contributed by atoms with van der Waals surface area (Å²) in [6.45, 7) is 0. The average Bonchev–Trinajstić information content (AvgIpc) is 2.82. The predicted molar refractivity (Wildman–Crippen MR) is 118 cm³/mol. The zero-order valence-electron chi connectivity index (χ0n) is 17.3. The maximum absolute atomic E-state index is 12.4. The smallest absolute Gasteiger partial charge is 0.269 e. The molecule has 3 aromatic rings. The minimum Gasteiger partial charge on any atom is -0.493 e. The molecule has 0 atom stereocenters. The summed E-state index contributed by atoms with van der Waals surface area (Å²) in [4.78, 5) is 24.7. The molecule has 10 heteroatoms. The highest BCUT2D eigenvalue weighted by atomic mass is 32.2. The van der Waals surface area contributed by atoms with Crippen LogP contribution in [0, 0.1) is 0 Å². The van der Waals surface area contributed by atoms with E-state index in [9.17, 15) is 18.0 Å². The molecule has 0 aliphatic carbocycles. The third-order valence-corrected chi connectivity index (χ3v) is 5.79. The van der Waals surface area contributed by atoms with Gasteiger partial charge in [-0.15, -0.1) is 0 Å². The first-order valence-electron chi connectivity index (χ1n) is 9.34. The van der Waals surface area contributed by atoms with E-state index in [1.54, 1.807) is 24.3 Å². The predicted octanol–water partition coefficient (Wildman–Crippen LogP) is 2.58. The lowest BCUT2D eigenvalue weighted by molar-refractivity contribution is 0.0846. The molecule has 0 unspecified atom stereocenters. The van der Waals surface area contributed by atoms with Gasteiger partial charge in [0.25, 0.3) is 21.8 Å². The van der Waals surface area contributed by atoms with Crippen LogP contribution < -0.4 is 25.0 Å². The number of carbonyl (C=O) groups excluding carboxylic acids is 2. The highest BCUT2D eigenvalue weighted by Crippen LogP contribution is 2.27. The summed E-state index contributed by atoms with van der Waals surface area (Å²) in [5, 5.41) is 0. The van der Waals surface area contributed by atoms with E-state index in [4.69, 9.17) is 9.47 Å². The number of amides is 2. The Morgan fingerprint density at radius 2 is 1.28 bits per heavy atom. The van der Waals surface area contributed by atoms with Crippen LogP contribution >= 0.6 is 0 Å². The molecule has 0 aliphatic heterocycles. The molecule has 0 spiro atoms. The SMILES string of the molecule is COc1ccc(C(=O)NNC(=O)c2ccc(NS(=O)(=O)c3ccccc3)cc2)cc1OC. The number of hydrogen-bond acceptors (Lipinski definition) is 6. The third-order valence-electron chi connectivity index (χ3n) is 4.39. The monoisotopic (exact) mass is 455 g/mol. The van der Waals surface area contributed by atoms with Gasteiger partial charge in [0.2, 0.25) is 0 Å². The van der Waals surface area contributed by atoms with Crippen molar-refractivity contribution in [3.8, 4) is 11.5 Å². The van der Waals surface area contributed by atoms with Crippen molar-refractivity contribution in [2.24, 2.45) is 0 Å². The van der Waals surface area contributed by atoms with Gasteiger partial charge in [0, 0.05) is 16.8 Å². The number of hydrogen-bond donors (Lipinski definition) is 3. The molecule has 0 aliphatic rings. The summed E-state index contributed by atoms with van der Waals surface area (Å²) >= 11 is 0. The molecule has 0 saturated carbocycles. The van der Waals surface area contributed by atoms with E-state index in [-0.39, 0.29) is 16.0 Å². The van der Waals surface area contributed by atoms with E-state index in [0.29, 0.717) is 17.2 Å². The number of benzene rings is 3. The van der Waals surface area contributed by atoms with Gasteiger partial charge in [-0.2, -0.15) is 0 Å². The van der Waals surface area contributed by atoms with Crippen LogP contribution in [0.15, 0.2) is 77.7 Å². The highest BCUT2D eigenvalue weighted by Gasteiger charge is 2.15. The van der Waals surface area contributed by atoms with Crippen LogP contribution in [-0.2, 0) is 10.0 Å². The van der Waals surface area contributed by atoms with Crippen LogP contribution in [0.5, 0.6) is 11.5 Å². The first-order valence-corrected chi connectivity index (χ1v) is 10.8. The minimum absolute atomic E-state index is 0.125. The van der Waals surface area contributed by atoms with Crippen LogP contribution in [0.2, 0.25) is 0 Å². The topological polar surface area (TPSA) is 123 Å². The van der Waals surface area contributed by atoms with E-state index >= 15 is 0 Å². The fourth-order valence-corrected chi connectivity index (χ4v) is 3.82. The second-order valence-corrected chi connectivity index (χ2v) is 8.16. The molecule has 166 valence electrons. The number of rotatable bonds is 7. The molecule has 3 N–H and O–H groups in total. The number of hydrazine groups is 1. The highest BCUT2D eigenvalue weighted by molar-refractivity contribution is 7.92. The minimum atomic E-state index is -3.74. The Balaban J connectivity index is 1.61. The number of anilines is 1. The average molecular weight is 455 g/mol. The van der Waals surface area contributed by atoms with E-state index in [1.165, 1.54) is 62.8 Å². The molecular formula is C22H21N3O6S. The van der Waals surface area contributed by atoms with Crippen LogP contribution in [0.3, 0.4) is 0 Å². The summed E-state index contributed by atoms with van der Waals surface area (Å²) in [6, 6.07) is 18.3. The zero-order valence-corrected chi connectivity index (χ0v) is 18.1. The molecule has 0 aromatic heterocycles. The Bertz CT molecular complexity index is 1210. The van der Waals surface area contributed by atoms with Gasteiger partial charge < -0.3 is 9.47 Å². The Morgan fingerprint density at radius 3 is 1.88 bits per heavy atom.